The molecule has 2 aliphatic heterocycles. The van der Waals surface area contributed by atoms with Gasteiger partial charge >= 0.3 is 6.03 Å². The second-order valence-electron chi connectivity index (χ2n) is 7.85. The van der Waals surface area contributed by atoms with Crippen LogP contribution in [0.5, 0.6) is 0 Å². The van der Waals surface area contributed by atoms with Crippen molar-refractivity contribution in [2.24, 2.45) is 9.98 Å². The van der Waals surface area contributed by atoms with E-state index in [0.29, 0.717) is 47.2 Å². The molecule has 1 saturated heterocycles. The van der Waals surface area contributed by atoms with Gasteiger partial charge in [-0.05, 0) is 56.3 Å². The van der Waals surface area contributed by atoms with Crippen molar-refractivity contribution in [1.29, 1.82) is 0 Å². The number of hydrogen-bond donors (Lipinski definition) is 1. The summed E-state index contributed by atoms with van der Waals surface area (Å²) in [6, 6.07) is 12.1. The van der Waals surface area contributed by atoms with Gasteiger partial charge in [0, 0.05) is 52.8 Å². The number of amides is 2. The van der Waals surface area contributed by atoms with Crippen molar-refractivity contribution >= 4 is 52.1 Å². The second-order valence-corrected chi connectivity index (χ2v) is 8.72. The molecule has 0 aromatic heterocycles. The van der Waals surface area contributed by atoms with E-state index in [4.69, 9.17) is 33.2 Å². The summed E-state index contributed by atoms with van der Waals surface area (Å²) in [5, 5.41) is 4.00. The first-order valence-corrected chi connectivity index (χ1v) is 10.8. The third kappa shape index (κ3) is 4.65. The van der Waals surface area contributed by atoms with E-state index in [0.717, 1.165) is 17.0 Å². The molecule has 0 aliphatic carbocycles. The van der Waals surface area contributed by atoms with Crippen LogP contribution in [0.25, 0.3) is 0 Å². The van der Waals surface area contributed by atoms with Gasteiger partial charge in [0.2, 0.25) is 0 Å². The predicted octanol–water partition coefficient (Wildman–Crippen LogP) is 5.48. The Morgan fingerprint density at radius 3 is 2.19 bits per heavy atom. The van der Waals surface area contributed by atoms with Crippen LogP contribution in [-0.4, -0.2) is 46.9 Å². The van der Waals surface area contributed by atoms with Crippen LogP contribution >= 0.6 is 23.2 Å². The van der Waals surface area contributed by atoms with Crippen molar-refractivity contribution in [3.8, 4) is 0 Å². The van der Waals surface area contributed by atoms with Crippen molar-refractivity contribution in [3.05, 3.63) is 63.6 Å². The molecule has 1 spiro atoms. The molecule has 0 saturated carbocycles. The Kier molecular flexibility index (Phi) is 5.86. The molecule has 0 unspecified atom stereocenters. The summed E-state index contributed by atoms with van der Waals surface area (Å²) in [5.41, 5.74) is 3.22. The number of halogens is 2. The molecule has 31 heavy (non-hydrogen) atoms. The number of urea groups is 1. The Balaban J connectivity index is 1.42. The minimum absolute atomic E-state index is 0.00779. The van der Waals surface area contributed by atoms with Crippen LogP contribution in [-0.2, 0) is 0 Å². The maximum atomic E-state index is 12.7. The molecule has 0 radical (unpaired) electrons. The van der Waals surface area contributed by atoms with Crippen molar-refractivity contribution < 1.29 is 9.59 Å². The number of piperidine rings is 1. The summed E-state index contributed by atoms with van der Waals surface area (Å²) < 4.78 is 0. The van der Waals surface area contributed by atoms with Crippen molar-refractivity contribution in [3.63, 3.8) is 0 Å². The monoisotopic (exact) mass is 456 g/mol. The largest absolute Gasteiger partial charge is 0.324 e. The SMILES string of the molecule is CC(=O)c1ccc(NC(=O)N2CCC3(CC2)N=C(C)C(c2cc(Cl)cc(Cl)c2)=N3)cc1. The first kappa shape index (κ1) is 21.5. The highest BCUT2D eigenvalue weighted by Gasteiger charge is 2.39. The minimum atomic E-state index is -0.547. The maximum absolute atomic E-state index is 12.7. The molecule has 0 atom stereocenters. The number of likely N-dealkylation sites (tertiary alicyclic amines) is 1. The number of nitrogens with zero attached hydrogens (tertiary/aromatic N) is 3. The lowest BCUT2D eigenvalue weighted by Gasteiger charge is -2.35. The molecule has 2 amide bonds. The number of aliphatic imine (C=N–C) groups is 2. The van der Waals surface area contributed by atoms with E-state index in [1.54, 1.807) is 35.2 Å². The van der Waals surface area contributed by atoms with E-state index in [-0.39, 0.29) is 11.8 Å². The number of anilines is 1. The van der Waals surface area contributed by atoms with Gasteiger partial charge in [0.1, 0.15) is 0 Å². The van der Waals surface area contributed by atoms with Gasteiger partial charge in [-0.15, -0.1) is 0 Å². The van der Waals surface area contributed by atoms with Crippen molar-refractivity contribution in [1.82, 2.24) is 4.90 Å². The van der Waals surface area contributed by atoms with Crippen LogP contribution in [0.2, 0.25) is 10.0 Å². The summed E-state index contributed by atoms with van der Waals surface area (Å²) in [7, 11) is 0. The van der Waals surface area contributed by atoms with E-state index in [9.17, 15) is 9.59 Å². The molecule has 2 aliphatic rings. The number of ketones is 1. The van der Waals surface area contributed by atoms with Crippen LogP contribution in [0, 0.1) is 0 Å². The number of carbonyl (C=O) groups excluding carboxylic acids is 2. The first-order chi connectivity index (χ1) is 14.7. The van der Waals surface area contributed by atoms with Crippen LogP contribution in [0.15, 0.2) is 52.4 Å². The van der Waals surface area contributed by atoms with E-state index >= 15 is 0 Å². The molecule has 1 fully saturated rings. The fourth-order valence-electron chi connectivity index (χ4n) is 3.93. The highest BCUT2D eigenvalue weighted by Crippen LogP contribution is 2.34. The van der Waals surface area contributed by atoms with Crippen LogP contribution in [0.1, 0.15) is 42.6 Å². The number of carbonyl (C=O) groups is 2. The summed E-state index contributed by atoms with van der Waals surface area (Å²) in [6.07, 6.45) is 1.28. The third-order valence-electron chi connectivity index (χ3n) is 5.57. The molecule has 2 heterocycles. The van der Waals surface area contributed by atoms with Gasteiger partial charge in [-0.2, -0.15) is 0 Å². The molecule has 2 aromatic rings. The van der Waals surface area contributed by atoms with Crippen LogP contribution in [0.4, 0.5) is 10.5 Å². The zero-order valence-electron chi connectivity index (χ0n) is 17.3. The first-order valence-electron chi connectivity index (χ1n) is 10.0. The molecule has 1 N–H and O–H groups in total. The van der Waals surface area contributed by atoms with Gasteiger partial charge in [0.05, 0.1) is 11.4 Å². The Morgan fingerprint density at radius 2 is 1.61 bits per heavy atom. The van der Waals surface area contributed by atoms with E-state index in [1.165, 1.54) is 6.92 Å². The molecular formula is C23H22Cl2N4O2. The van der Waals surface area contributed by atoms with Gasteiger partial charge in [0.15, 0.2) is 11.4 Å². The summed E-state index contributed by atoms with van der Waals surface area (Å²) in [6.45, 7) is 4.54. The Bertz CT molecular complexity index is 1080. The lowest BCUT2D eigenvalue weighted by atomic mass is 9.98. The lowest BCUT2D eigenvalue weighted by molar-refractivity contribution is 0.101. The highest BCUT2D eigenvalue weighted by atomic mass is 35.5. The standard InChI is InChI=1S/C23H22Cl2N4O2/c1-14-21(17-11-18(24)13-19(25)12-17)28-23(27-14)7-9-29(10-8-23)22(31)26-20-5-3-16(4-6-20)15(2)30/h3-6,11-13H,7-10H2,1-2H3,(H,26,31). The topological polar surface area (TPSA) is 74.1 Å². The van der Waals surface area contributed by atoms with Gasteiger partial charge in [-0.1, -0.05) is 23.2 Å². The van der Waals surface area contributed by atoms with E-state index < -0.39 is 5.66 Å². The summed E-state index contributed by atoms with van der Waals surface area (Å²) in [4.78, 5) is 35.6. The maximum Gasteiger partial charge on any atom is 0.321 e. The molecule has 0 bridgehead atoms. The van der Waals surface area contributed by atoms with E-state index in [1.807, 2.05) is 19.1 Å². The molecule has 2 aromatic carbocycles. The minimum Gasteiger partial charge on any atom is -0.324 e. The van der Waals surface area contributed by atoms with Gasteiger partial charge < -0.3 is 10.2 Å². The Labute approximate surface area is 191 Å². The van der Waals surface area contributed by atoms with E-state index in [2.05, 4.69) is 5.32 Å². The molecule has 8 heteroatoms. The van der Waals surface area contributed by atoms with Gasteiger partial charge in [-0.3, -0.25) is 14.8 Å². The third-order valence-corrected chi connectivity index (χ3v) is 6.00. The Morgan fingerprint density at radius 1 is 1.00 bits per heavy atom. The van der Waals surface area contributed by atoms with Gasteiger partial charge in [0.25, 0.3) is 0 Å². The lowest BCUT2D eigenvalue weighted by Crippen LogP contribution is -2.46. The quantitative estimate of drug-likeness (QED) is 0.620. The zero-order chi connectivity index (χ0) is 22.2. The number of nitrogens with one attached hydrogen (secondary N) is 1. The number of Topliss-reactive ketones (excluding diaryl/α,β-unsaturated/α-hetero) is 1. The van der Waals surface area contributed by atoms with Crippen LogP contribution in [0.3, 0.4) is 0 Å². The molecule has 160 valence electrons. The number of rotatable bonds is 3. The second kappa shape index (κ2) is 8.44. The summed E-state index contributed by atoms with van der Waals surface area (Å²) >= 11 is 12.3. The van der Waals surface area contributed by atoms with Crippen molar-refractivity contribution in [2.75, 3.05) is 18.4 Å². The average Bonchev–Trinajstić information content (AvgIpc) is 3.04. The van der Waals surface area contributed by atoms with Crippen molar-refractivity contribution in [2.45, 2.75) is 32.4 Å². The highest BCUT2D eigenvalue weighted by molar-refractivity contribution is 6.49. The average molecular weight is 457 g/mol. The smallest absolute Gasteiger partial charge is 0.321 e. The molecule has 4 rings (SSSR count). The molecular weight excluding hydrogens is 435 g/mol. The zero-order valence-corrected chi connectivity index (χ0v) is 18.8. The number of hydrogen-bond acceptors (Lipinski definition) is 4. The fourth-order valence-corrected chi connectivity index (χ4v) is 4.45. The number of benzene rings is 2. The predicted molar refractivity (Wildman–Crippen MR) is 125 cm³/mol. The van der Waals surface area contributed by atoms with Crippen LogP contribution < -0.4 is 5.32 Å². The molecule has 6 nitrogen and oxygen atoms in total. The Hall–Kier alpha value is -2.70. The summed E-state index contributed by atoms with van der Waals surface area (Å²) in [5.74, 6) is -0.00779. The normalized spacial score (nSPS) is 17.4. The van der Waals surface area contributed by atoms with Gasteiger partial charge in [-0.25, -0.2) is 4.79 Å². The fraction of sp³-hybridized carbons (Fsp3) is 0.304.